The van der Waals surface area contributed by atoms with E-state index < -0.39 is 15.9 Å². The minimum atomic E-state index is -3.65. The lowest BCUT2D eigenvalue weighted by molar-refractivity contribution is 0.0955. The summed E-state index contributed by atoms with van der Waals surface area (Å²) >= 11 is 0. The number of hydrazone groups is 1. The van der Waals surface area contributed by atoms with E-state index in [9.17, 15) is 13.2 Å². The molecule has 0 atom stereocenters. The highest BCUT2D eigenvalue weighted by atomic mass is 32.2. The number of carbonyl (C=O) groups is 1. The molecule has 6 nitrogen and oxygen atoms in total. The van der Waals surface area contributed by atoms with Gasteiger partial charge in [-0.05, 0) is 41.2 Å². The van der Waals surface area contributed by atoms with Gasteiger partial charge >= 0.3 is 0 Å². The molecule has 3 aromatic carbocycles. The standard InChI is InChI=1S/C27H31N3O3S/c1-20(22-15-17-23(18-16-22)27(2,3)4)28-29-26(31)24-13-9-10-14-25(24)30(34(5,32)33)19-21-11-7-6-8-12-21/h6-18H,19H2,1-5H3,(H,29,31)/b28-20+. The van der Waals surface area contributed by atoms with E-state index in [4.69, 9.17) is 0 Å². The number of benzene rings is 3. The Hall–Kier alpha value is -3.45. The van der Waals surface area contributed by atoms with Gasteiger partial charge < -0.3 is 0 Å². The second kappa shape index (κ2) is 10.2. The van der Waals surface area contributed by atoms with Crippen molar-refractivity contribution in [3.05, 3.63) is 101 Å². The van der Waals surface area contributed by atoms with Gasteiger partial charge in [0.2, 0.25) is 10.0 Å². The molecule has 0 unspecified atom stereocenters. The maximum Gasteiger partial charge on any atom is 0.273 e. The number of hydrogen-bond donors (Lipinski definition) is 1. The van der Waals surface area contributed by atoms with Crippen molar-refractivity contribution in [3.8, 4) is 0 Å². The summed E-state index contributed by atoms with van der Waals surface area (Å²) in [6.45, 7) is 8.39. The predicted molar refractivity (Wildman–Crippen MR) is 139 cm³/mol. The third-order valence-corrected chi connectivity index (χ3v) is 6.61. The predicted octanol–water partition coefficient (Wildman–Crippen LogP) is 5.10. The first-order valence-corrected chi connectivity index (χ1v) is 12.9. The van der Waals surface area contributed by atoms with Crippen LogP contribution in [0.3, 0.4) is 0 Å². The Bertz CT molecular complexity index is 1280. The van der Waals surface area contributed by atoms with E-state index in [0.29, 0.717) is 11.4 Å². The quantitative estimate of drug-likeness (QED) is 0.380. The molecule has 34 heavy (non-hydrogen) atoms. The summed E-state index contributed by atoms with van der Waals surface area (Å²) in [5.41, 5.74) is 6.72. The van der Waals surface area contributed by atoms with Gasteiger partial charge in [0.15, 0.2) is 0 Å². The molecule has 1 amide bonds. The second-order valence-electron chi connectivity index (χ2n) is 9.24. The average Bonchev–Trinajstić information content (AvgIpc) is 2.80. The zero-order valence-corrected chi connectivity index (χ0v) is 21.1. The van der Waals surface area contributed by atoms with Crippen LogP contribution in [-0.2, 0) is 22.0 Å². The molecule has 7 heteroatoms. The smallest absolute Gasteiger partial charge is 0.267 e. The monoisotopic (exact) mass is 477 g/mol. The molecular formula is C27H31N3O3S. The average molecular weight is 478 g/mol. The molecule has 0 spiro atoms. The lowest BCUT2D eigenvalue weighted by Crippen LogP contribution is -2.32. The first-order chi connectivity index (χ1) is 16.0. The SMILES string of the molecule is C/C(=N\NC(=O)c1ccccc1N(Cc1ccccc1)S(C)(=O)=O)c1ccc(C(C)(C)C)cc1. The molecular weight excluding hydrogens is 446 g/mol. The number of sulfonamides is 1. The molecule has 0 fully saturated rings. The van der Waals surface area contributed by atoms with Gasteiger partial charge in [-0.2, -0.15) is 5.10 Å². The zero-order valence-electron chi connectivity index (χ0n) is 20.2. The Labute approximate surface area is 202 Å². The Balaban J connectivity index is 1.86. The van der Waals surface area contributed by atoms with Crippen LogP contribution < -0.4 is 9.73 Å². The fraction of sp³-hybridized carbons (Fsp3) is 0.259. The normalized spacial score (nSPS) is 12.3. The number of anilines is 1. The number of hydrogen-bond acceptors (Lipinski definition) is 4. The highest BCUT2D eigenvalue weighted by Gasteiger charge is 2.23. The number of amides is 1. The molecule has 0 saturated heterocycles. The summed E-state index contributed by atoms with van der Waals surface area (Å²) in [4.78, 5) is 13.0. The van der Waals surface area contributed by atoms with Crippen LogP contribution in [0.2, 0.25) is 0 Å². The minimum absolute atomic E-state index is 0.0484. The molecule has 0 aliphatic carbocycles. The van der Waals surface area contributed by atoms with Crippen molar-refractivity contribution < 1.29 is 13.2 Å². The summed E-state index contributed by atoms with van der Waals surface area (Å²) < 4.78 is 26.5. The maximum absolute atomic E-state index is 13.0. The molecule has 0 aliphatic rings. The van der Waals surface area contributed by atoms with Crippen molar-refractivity contribution >= 4 is 27.3 Å². The number of carbonyl (C=O) groups excluding carboxylic acids is 1. The van der Waals surface area contributed by atoms with E-state index in [2.05, 4.69) is 43.4 Å². The first-order valence-electron chi connectivity index (χ1n) is 11.0. The van der Waals surface area contributed by atoms with Crippen molar-refractivity contribution in [1.82, 2.24) is 5.43 Å². The molecule has 0 aliphatic heterocycles. The molecule has 0 aromatic heterocycles. The largest absolute Gasteiger partial charge is 0.273 e. The van der Waals surface area contributed by atoms with Crippen molar-refractivity contribution in [2.24, 2.45) is 5.10 Å². The molecule has 0 heterocycles. The highest BCUT2D eigenvalue weighted by molar-refractivity contribution is 7.92. The van der Waals surface area contributed by atoms with Crippen LogP contribution in [-0.4, -0.2) is 26.3 Å². The van der Waals surface area contributed by atoms with Crippen LogP contribution in [0.25, 0.3) is 0 Å². The number of nitrogens with zero attached hydrogens (tertiary/aromatic N) is 2. The lowest BCUT2D eigenvalue weighted by atomic mass is 9.86. The summed E-state index contributed by atoms with van der Waals surface area (Å²) in [5.74, 6) is -0.483. The fourth-order valence-electron chi connectivity index (χ4n) is 3.48. The van der Waals surface area contributed by atoms with Crippen LogP contribution in [0.15, 0.2) is 84.0 Å². The van der Waals surface area contributed by atoms with Crippen molar-refractivity contribution in [2.45, 2.75) is 39.7 Å². The zero-order chi connectivity index (χ0) is 24.9. The molecule has 3 rings (SSSR count). The van der Waals surface area contributed by atoms with Gasteiger partial charge in [-0.1, -0.05) is 87.5 Å². The van der Waals surface area contributed by atoms with E-state index in [-0.39, 0.29) is 17.5 Å². The van der Waals surface area contributed by atoms with Gasteiger partial charge in [0, 0.05) is 0 Å². The van der Waals surface area contributed by atoms with E-state index in [1.54, 1.807) is 24.3 Å². The van der Waals surface area contributed by atoms with E-state index in [0.717, 1.165) is 17.4 Å². The maximum atomic E-state index is 13.0. The minimum Gasteiger partial charge on any atom is -0.267 e. The van der Waals surface area contributed by atoms with Crippen LogP contribution in [0.5, 0.6) is 0 Å². The van der Waals surface area contributed by atoms with E-state index in [1.807, 2.05) is 49.4 Å². The van der Waals surface area contributed by atoms with Gasteiger partial charge in [0.25, 0.3) is 5.91 Å². The molecule has 3 aromatic rings. The van der Waals surface area contributed by atoms with Crippen LogP contribution in [0.1, 0.15) is 54.7 Å². The Morgan fingerprint density at radius 3 is 2.09 bits per heavy atom. The lowest BCUT2D eigenvalue weighted by Gasteiger charge is -2.24. The van der Waals surface area contributed by atoms with Gasteiger partial charge in [-0.15, -0.1) is 0 Å². The Morgan fingerprint density at radius 2 is 1.50 bits per heavy atom. The van der Waals surface area contributed by atoms with Crippen LogP contribution in [0, 0.1) is 0 Å². The fourth-order valence-corrected chi connectivity index (χ4v) is 4.38. The third-order valence-electron chi connectivity index (χ3n) is 5.48. The topological polar surface area (TPSA) is 78.8 Å². The van der Waals surface area contributed by atoms with Crippen molar-refractivity contribution in [1.29, 1.82) is 0 Å². The van der Waals surface area contributed by atoms with Gasteiger partial charge in [0.05, 0.1) is 29.8 Å². The Kier molecular flexibility index (Phi) is 7.57. The van der Waals surface area contributed by atoms with Crippen molar-refractivity contribution in [3.63, 3.8) is 0 Å². The Morgan fingerprint density at radius 1 is 0.912 bits per heavy atom. The van der Waals surface area contributed by atoms with Gasteiger partial charge in [0.1, 0.15) is 0 Å². The molecule has 0 bridgehead atoms. The summed E-state index contributed by atoms with van der Waals surface area (Å²) in [6, 6.07) is 23.9. The summed E-state index contributed by atoms with van der Waals surface area (Å²) in [5, 5.41) is 4.26. The highest BCUT2D eigenvalue weighted by Crippen LogP contribution is 2.25. The number of nitrogens with one attached hydrogen (secondary N) is 1. The number of rotatable bonds is 7. The third kappa shape index (κ3) is 6.32. The van der Waals surface area contributed by atoms with E-state index >= 15 is 0 Å². The second-order valence-corrected chi connectivity index (χ2v) is 11.1. The molecule has 178 valence electrons. The summed E-state index contributed by atoms with van der Waals surface area (Å²) in [6.07, 6.45) is 1.13. The molecule has 0 saturated carbocycles. The first kappa shape index (κ1) is 25.2. The molecule has 0 radical (unpaired) electrons. The van der Waals surface area contributed by atoms with Crippen LogP contribution in [0.4, 0.5) is 5.69 Å². The van der Waals surface area contributed by atoms with Gasteiger partial charge in [-0.3, -0.25) is 9.10 Å². The van der Waals surface area contributed by atoms with E-state index in [1.165, 1.54) is 9.87 Å². The number of para-hydroxylation sites is 1. The van der Waals surface area contributed by atoms with Crippen LogP contribution >= 0.6 is 0 Å². The van der Waals surface area contributed by atoms with Crippen molar-refractivity contribution in [2.75, 3.05) is 10.6 Å². The van der Waals surface area contributed by atoms with Gasteiger partial charge in [-0.25, -0.2) is 13.8 Å². The molecule has 1 N–H and O–H groups in total. The summed E-state index contributed by atoms with van der Waals surface area (Å²) in [7, 11) is -3.65.